The van der Waals surface area contributed by atoms with Gasteiger partial charge in [-0.1, -0.05) is 0 Å². The van der Waals surface area contributed by atoms with Gasteiger partial charge in [-0.25, -0.2) is 4.98 Å². The second-order valence-corrected chi connectivity index (χ2v) is 9.05. The maximum absolute atomic E-state index is 12.9. The Morgan fingerprint density at radius 1 is 1.30 bits per heavy atom. The van der Waals surface area contributed by atoms with E-state index in [0.29, 0.717) is 19.8 Å². The molecule has 2 aliphatic rings. The highest BCUT2D eigenvalue weighted by atomic mass is 32.2. The van der Waals surface area contributed by atoms with Gasteiger partial charge in [0.15, 0.2) is 6.29 Å². The number of carbonyl (C=O) groups excluding carboxylic acids is 1. The predicted molar refractivity (Wildman–Crippen MR) is 107 cm³/mol. The van der Waals surface area contributed by atoms with Gasteiger partial charge in [0.25, 0.3) is 5.91 Å². The number of thioether (sulfide) groups is 1. The Balaban J connectivity index is 1.34. The maximum atomic E-state index is 12.9. The molecule has 1 aromatic carbocycles. The van der Waals surface area contributed by atoms with Crippen LogP contribution in [0.2, 0.25) is 0 Å². The van der Waals surface area contributed by atoms with Crippen LogP contribution < -0.4 is 0 Å². The summed E-state index contributed by atoms with van der Waals surface area (Å²) >= 11 is 3.42. The number of carbonyl (C=O) groups is 1. The molecule has 4 rings (SSSR count). The van der Waals surface area contributed by atoms with Gasteiger partial charge in [0, 0.05) is 40.6 Å². The Bertz CT molecular complexity index is 772. The van der Waals surface area contributed by atoms with Crippen LogP contribution in [-0.2, 0) is 15.2 Å². The first kappa shape index (κ1) is 18.9. The zero-order valence-electron chi connectivity index (χ0n) is 15.4. The van der Waals surface area contributed by atoms with Gasteiger partial charge in [0.1, 0.15) is 0 Å². The number of thiazole rings is 1. The minimum Gasteiger partial charge on any atom is -0.350 e. The summed E-state index contributed by atoms with van der Waals surface area (Å²) < 4.78 is 11.3. The lowest BCUT2D eigenvalue weighted by atomic mass is 9.96. The van der Waals surface area contributed by atoms with Crippen molar-refractivity contribution in [3.05, 3.63) is 45.9 Å². The molecule has 2 aliphatic heterocycles. The Kier molecular flexibility index (Phi) is 6.12. The van der Waals surface area contributed by atoms with E-state index < -0.39 is 0 Å². The van der Waals surface area contributed by atoms with Crippen LogP contribution in [0.3, 0.4) is 0 Å². The molecule has 1 atom stereocenters. The van der Waals surface area contributed by atoms with Crippen molar-refractivity contribution in [2.75, 3.05) is 26.3 Å². The molecule has 2 saturated heterocycles. The van der Waals surface area contributed by atoms with E-state index in [-0.39, 0.29) is 18.1 Å². The lowest BCUT2D eigenvalue weighted by molar-refractivity contribution is -0.0969. The predicted octanol–water partition coefficient (Wildman–Crippen LogP) is 3.97. The van der Waals surface area contributed by atoms with E-state index in [4.69, 9.17) is 9.47 Å². The number of nitrogens with zero attached hydrogens (tertiary/aromatic N) is 2. The second-order valence-electron chi connectivity index (χ2n) is 6.93. The Labute approximate surface area is 168 Å². The van der Waals surface area contributed by atoms with Crippen molar-refractivity contribution in [2.45, 2.75) is 36.7 Å². The smallest absolute Gasteiger partial charge is 0.253 e. The number of amides is 1. The summed E-state index contributed by atoms with van der Waals surface area (Å²) in [5.41, 5.74) is 1.86. The molecule has 1 unspecified atom stereocenters. The molecule has 2 fully saturated rings. The SMILES string of the molecule is Cc1nc(CSc2ccc(C(=O)N3CCCC(C4OCCO4)C3)cc2)cs1. The quantitative estimate of drug-likeness (QED) is 0.706. The summed E-state index contributed by atoms with van der Waals surface area (Å²) in [7, 11) is 0. The molecule has 0 aliphatic carbocycles. The average molecular weight is 405 g/mol. The maximum Gasteiger partial charge on any atom is 0.253 e. The van der Waals surface area contributed by atoms with Crippen LogP contribution in [-0.4, -0.2) is 48.4 Å². The van der Waals surface area contributed by atoms with Crippen molar-refractivity contribution in [3.8, 4) is 0 Å². The normalized spacial score (nSPS) is 20.9. The van der Waals surface area contributed by atoms with E-state index in [0.717, 1.165) is 46.3 Å². The summed E-state index contributed by atoms with van der Waals surface area (Å²) in [6.07, 6.45) is 1.91. The molecule has 0 bridgehead atoms. The van der Waals surface area contributed by atoms with Crippen molar-refractivity contribution in [1.82, 2.24) is 9.88 Å². The molecule has 0 N–H and O–H groups in total. The fraction of sp³-hybridized carbons (Fsp3) is 0.500. The second kappa shape index (κ2) is 8.73. The summed E-state index contributed by atoms with van der Waals surface area (Å²) in [6, 6.07) is 7.93. The number of aryl methyl sites for hydroxylation is 1. The number of hydrogen-bond donors (Lipinski definition) is 0. The Morgan fingerprint density at radius 3 is 2.78 bits per heavy atom. The highest BCUT2D eigenvalue weighted by Crippen LogP contribution is 2.27. The minimum absolute atomic E-state index is 0.101. The van der Waals surface area contributed by atoms with Gasteiger partial charge in [-0.3, -0.25) is 4.79 Å². The topological polar surface area (TPSA) is 51.7 Å². The lowest BCUT2D eigenvalue weighted by Crippen LogP contribution is -2.43. The van der Waals surface area contributed by atoms with Gasteiger partial charge in [0.2, 0.25) is 0 Å². The molecule has 2 aromatic rings. The number of benzene rings is 1. The van der Waals surface area contributed by atoms with Gasteiger partial charge in [-0.2, -0.15) is 0 Å². The van der Waals surface area contributed by atoms with Crippen LogP contribution >= 0.6 is 23.1 Å². The van der Waals surface area contributed by atoms with E-state index in [1.165, 1.54) is 0 Å². The summed E-state index contributed by atoms with van der Waals surface area (Å²) in [5.74, 6) is 1.23. The molecular formula is C20H24N2O3S2. The fourth-order valence-corrected chi connectivity index (χ4v) is 5.08. The first-order valence-electron chi connectivity index (χ1n) is 9.35. The molecule has 1 amide bonds. The monoisotopic (exact) mass is 404 g/mol. The Morgan fingerprint density at radius 2 is 2.07 bits per heavy atom. The van der Waals surface area contributed by atoms with Crippen LogP contribution in [0.5, 0.6) is 0 Å². The van der Waals surface area contributed by atoms with Crippen molar-refractivity contribution in [3.63, 3.8) is 0 Å². The highest BCUT2D eigenvalue weighted by molar-refractivity contribution is 7.98. The van der Waals surface area contributed by atoms with E-state index in [9.17, 15) is 4.79 Å². The molecule has 0 radical (unpaired) electrons. The molecule has 0 saturated carbocycles. The first-order chi connectivity index (χ1) is 13.2. The van der Waals surface area contributed by atoms with Gasteiger partial charge in [0.05, 0.1) is 23.9 Å². The zero-order chi connectivity index (χ0) is 18.6. The minimum atomic E-state index is -0.145. The summed E-state index contributed by atoms with van der Waals surface area (Å²) in [6.45, 7) is 4.86. The lowest BCUT2D eigenvalue weighted by Gasteiger charge is -2.34. The van der Waals surface area contributed by atoms with Crippen LogP contribution in [0, 0.1) is 12.8 Å². The van der Waals surface area contributed by atoms with Crippen LogP contribution in [0.4, 0.5) is 0 Å². The van der Waals surface area contributed by atoms with Gasteiger partial charge in [-0.05, 0) is 44.0 Å². The van der Waals surface area contributed by atoms with E-state index >= 15 is 0 Å². The molecule has 27 heavy (non-hydrogen) atoms. The van der Waals surface area contributed by atoms with Crippen molar-refractivity contribution < 1.29 is 14.3 Å². The number of ether oxygens (including phenoxy) is 2. The standard InChI is InChI=1S/C20H24N2O3S2/c1-14-21-17(12-26-14)13-27-18-6-4-15(5-7-18)19(23)22-8-2-3-16(11-22)20-24-9-10-25-20/h4-7,12,16,20H,2-3,8-11,13H2,1H3. The van der Waals surface area contributed by atoms with Crippen LogP contribution in [0.15, 0.2) is 34.5 Å². The fourth-order valence-electron chi connectivity index (χ4n) is 3.57. The van der Waals surface area contributed by atoms with E-state index in [1.54, 1.807) is 23.1 Å². The largest absolute Gasteiger partial charge is 0.350 e. The first-order valence-corrected chi connectivity index (χ1v) is 11.2. The van der Waals surface area contributed by atoms with E-state index in [1.807, 2.05) is 36.1 Å². The number of piperidine rings is 1. The summed E-state index contributed by atoms with van der Waals surface area (Å²) in [4.78, 5) is 20.5. The molecule has 144 valence electrons. The Hall–Kier alpha value is -1.41. The molecule has 1 aromatic heterocycles. The van der Waals surface area contributed by atoms with Gasteiger partial charge >= 0.3 is 0 Å². The third-order valence-corrected chi connectivity index (χ3v) is 6.80. The third kappa shape index (κ3) is 4.71. The number of likely N-dealkylation sites (tertiary alicyclic amines) is 1. The molecular weight excluding hydrogens is 380 g/mol. The molecule has 7 heteroatoms. The molecule has 5 nitrogen and oxygen atoms in total. The number of aromatic nitrogens is 1. The van der Waals surface area contributed by atoms with E-state index in [2.05, 4.69) is 10.4 Å². The summed E-state index contributed by atoms with van der Waals surface area (Å²) in [5, 5.41) is 3.20. The van der Waals surface area contributed by atoms with Gasteiger partial charge in [-0.15, -0.1) is 23.1 Å². The third-order valence-electron chi connectivity index (χ3n) is 4.93. The molecule has 0 spiro atoms. The highest BCUT2D eigenvalue weighted by Gasteiger charge is 2.33. The molecule has 3 heterocycles. The van der Waals surface area contributed by atoms with Crippen LogP contribution in [0.1, 0.15) is 33.9 Å². The average Bonchev–Trinajstić information content (AvgIpc) is 3.38. The number of rotatable bonds is 5. The number of hydrogen-bond acceptors (Lipinski definition) is 6. The van der Waals surface area contributed by atoms with Crippen molar-refractivity contribution >= 4 is 29.0 Å². The van der Waals surface area contributed by atoms with Crippen molar-refractivity contribution in [2.24, 2.45) is 5.92 Å². The van der Waals surface area contributed by atoms with Gasteiger partial charge < -0.3 is 14.4 Å². The van der Waals surface area contributed by atoms with Crippen molar-refractivity contribution in [1.29, 1.82) is 0 Å². The zero-order valence-corrected chi connectivity index (χ0v) is 17.1. The van der Waals surface area contributed by atoms with Crippen LogP contribution in [0.25, 0.3) is 0 Å².